The summed E-state index contributed by atoms with van der Waals surface area (Å²) in [4.78, 5) is 36.9. The van der Waals surface area contributed by atoms with Crippen LogP contribution >= 0.6 is 0 Å². The zero-order chi connectivity index (χ0) is 25.4. The highest BCUT2D eigenvalue weighted by Gasteiger charge is 2.34. The van der Waals surface area contributed by atoms with Gasteiger partial charge in [-0.15, -0.1) is 0 Å². The van der Waals surface area contributed by atoms with E-state index in [1.54, 1.807) is 35.8 Å². The molecule has 1 saturated heterocycles. The number of piperidine rings is 1. The number of nitrogen functional groups attached to an aromatic ring is 1. The zero-order valence-electron chi connectivity index (χ0n) is 20.2. The Morgan fingerprint density at radius 2 is 1.89 bits per heavy atom. The SMILES string of the molecule is N#Cc1cc(N2C(=O)N(CC3CCN(c4ncnc5cc(N)cnc45)CC3)Cc3ccccc32)ccn1. The number of benzene rings is 1. The van der Waals surface area contributed by atoms with E-state index in [0.717, 1.165) is 54.0 Å². The molecule has 6 rings (SSSR count). The molecule has 2 amide bonds. The molecular formula is C27H25N9O. The van der Waals surface area contributed by atoms with Crippen LogP contribution in [-0.4, -0.2) is 50.5 Å². The molecule has 0 saturated carbocycles. The third-order valence-electron chi connectivity index (χ3n) is 7.04. The molecule has 0 atom stereocenters. The van der Waals surface area contributed by atoms with Crippen LogP contribution in [0.5, 0.6) is 0 Å². The minimum absolute atomic E-state index is 0.0835. The Balaban J connectivity index is 1.20. The molecule has 2 aliphatic rings. The van der Waals surface area contributed by atoms with Crippen molar-refractivity contribution < 1.29 is 4.79 Å². The minimum atomic E-state index is -0.0835. The fourth-order valence-electron chi connectivity index (χ4n) is 5.21. The standard InChI is InChI=1S/C27H25N9O/c28-13-21-12-22(5-8-30-21)36-24-4-2-1-3-19(24)16-35(27(36)37)15-18-6-9-34(10-7-18)26-25-23(32-17-33-26)11-20(29)14-31-25/h1-5,8,11-12,14,17-18H,6-7,9-10,15-16,29H2. The van der Waals surface area contributed by atoms with Crippen molar-refractivity contribution in [1.82, 2.24) is 24.8 Å². The Morgan fingerprint density at radius 3 is 2.73 bits per heavy atom. The molecule has 0 bridgehead atoms. The first-order valence-corrected chi connectivity index (χ1v) is 12.2. The van der Waals surface area contributed by atoms with Crippen LogP contribution in [0.1, 0.15) is 24.1 Å². The fourth-order valence-corrected chi connectivity index (χ4v) is 5.21. The highest BCUT2D eigenvalue weighted by Crippen LogP contribution is 2.36. The summed E-state index contributed by atoms with van der Waals surface area (Å²) in [5, 5.41) is 9.32. The van der Waals surface area contributed by atoms with Gasteiger partial charge in [0.2, 0.25) is 0 Å². The lowest BCUT2D eigenvalue weighted by Crippen LogP contribution is -2.48. The van der Waals surface area contributed by atoms with Crippen molar-refractivity contribution >= 4 is 39.9 Å². The van der Waals surface area contributed by atoms with Gasteiger partial charge in [0.25, 0.3) is 0 Å². The van der Waals surface area contributed by atoms with Crippen LogP contribution in [-0.2, 0) is 6.54 Å². The van der Waals surface area contributed by atoms with Gasteiger partial charge in [0, 0.05) is 32.4 Å². The van der Waals surface area contributed by atoms with Crippen LogP contribution in [0.3, 0.4) is 0 Å². The first-order chi connectivity index (χ1) is 18.1. The van der Waals surface area contributed by atoms with Crippen molar-refractivity contribution in [1.29, 1.82) is 5.26 Å². The Hall–Kier alpha value is -4.78. The van der Waals surface area contributed by atoms with E-state index in [-0.39, 0.29) is 11.7 Å². The van der Waals surface area contributed by atoms with Crippen LogP contribution in [0.15, 0.2) is 61.2 Å². The number of nitrogens with two attached hydrogens (primary N) is 1. The molecule has 1 aromatic carbocycles. The molecule has 0 unspecified atom stereocenters. The molecule has 0 radical (unpaired) electrons. The van der Waals surface area contributed by atoms with E-state index in [1.165, 1.54) is 0 Å². The number of nitriles is 1. The third-order valence-corrected chi connectivity index (χ3v) is 7.04. The number of carbonyl (C=O) groups is 1. The second-order valence-electron chi connectivity index (χ2n) is 9.40. The number of nitrogens with zero attached hydrogens (tertiary/aromatic N) is 8. The van der Waals surface area contributed by atoms with E-state index < -0.39 is 0 Å². The molecule has 0 spiro atoms. The maximum absolute atomic E-state index is 13.7. The number of fused-ring (bicyclic) bond motifs is 2. The van der Waals surface area contributed by atoms with Crippen LogP contribution in [0.25, 0.3) is 11.0 Å². The summed E-state index contributed by atoms with van der Waals surface area (Å²) in [6.07, 6.45) is 6.62. The summed E-state index contributed by atoms with van der Waals surface area (Å²) in [6.45, 7) is 2.86. The highest BCUT2D eigenvalue weighted by molar-refractivity contribution is 6.01. The minimum Gasteiger partial charge on any atom is -0.397 e. The van der Waals surface area contributed by atoms with Crippen LogP contribution in [0.2, 0.25) is 0 Å². The maximum atomic E-state index is 13.7. The van der Waals surface area contributed by atoms with Crippen LogP contribution in [0, 0.1) is 17.2 Å². The van der Waals surface area contributed by atoms with Gasteiger partial charge in [0.05, 0.1) is 28.8 Å². The molecular weight excluding hydrogens is 466 g/mol. The quantitative estimate of drug-likeness (QED) is 0.456. The molecule has 5 heterocycles. The van der Waals surface area contributed by atoms with Crippen molar-refractivity contribution in [3.05, 3.63) is 72.4 Å². The largest absolute Gasteiger partial charge is 0.397 e. The number of carbonyl (C=O) groups excluding carboxylic acids is 1. The first kappa shape index (κ1) is 22.7. The number of urea groups is 1. The first-order valence-electron chi connectivity index (χ1n) is 12.2. The van der Waals surface area contributed by atoms with Crippen molar-refractivity contribution in [3.63, 3.8) is 0 Å². The van der Waals surface area contributed by atoms with Crippen molar-refractivity contribution in [2.24, 2.45) is 5.92 Å². The van der Waals surface area contributed by atoms with E-state index >= 15 is 0 Å². The number of amides is 2. The van der Waals surface area contributed by atoms with Gasteiger partial charge in [-0.2, -0.15) is 5.26 Å². The average molecular weight is 492 g/mol. The van der Waals surface area contributed by atoms with Crippen molar-refractivity contribution in [2.45, 2.75) is 19.4 Å². The van der Waals surface area contributed by atoms with Crippen LogP contribution < -0.4 is 15.5 Å². The number of pyridine rings is 2. The zero-order valence-corrected chi connectivity index (χ0v) is 20.2. The summed E-state index contributed by atoms with van der Waals surface area (Å²) in [7, 11) is 0. The Kier molecular flexibility index (Phi) is 5.73. The second kappa shape index (κ2) is 9.35. The topological polar surface area (TPSA) is 128 Å². The summed E-state index contributed by atoms with van der Waals surface area (Å²) >= 11 is 0. The van der Waals surface area contributed by atoms with Gasteiger partial charge in [0.15, 0.2) is 5.82 Å². The van der Waals surface area contributed by atoms with E-state index in [0.29, 0.717) is 30.4 Å². The van der Waals surface area contributed by atoms with Gasteiger partial charge in [-0.1, -0.05) is 18.2 Å². The summed E-state index contributed by atoms with van der Waals surface area (Å²) in [5.74, 6) is 1.18. The molecule has 37 heavy (non-hydrogen) atoms. The lowest BCUT2D eigenvalue weighted by molar-refractivity contribution is 0.184. The van der Waals surface area contributed by atoms with Gasteiger partial charge in [-0.05, 0) is 48.6 Å². The van der Waals surface area contributed by atoms with E-state index in [2.05, 4.69) is 37.0 Å². The molecule has 0 aliphatic carbocycles. The number of para-hydroxylation sites is 1. The highest BCUT2D eigenvalue weighted by atomic mass is 16.2. The van der Waals surface area contributed by atoms with Crippen molar-refractivity contribution in [2.75, 3.05) is 35.2 Å². The Morgan fingerprint density at radius 1 is 1.05 bits per heavy atom. The molecule has 3 aromatic heterocycles. The second-order valence-corrected chi connectivity index (χ2v) is 9.40. The van der Waals surface area contributed by atoms with Gasteiger partial charge < -0.3 is 15.5 Å². The molecule has 2 N–H and O–H groups in total. The lowest BCUT2D eigenvalue weighted by atomic mass is 9.95. The Labute approximate surface area is 214 Å². The fraction of sp³-hybridized carbons (Fsp3) is 0.259. The normalized spacial score (nSPS) is 16.1. The predicted octanol–water partition coefficient (Wildman–Crippen LogP) is 3.86. The van der Waals surface area contributed by atoms with Gasteiger partial charge in [-0.25, -0.2) is 24.7 Å². The number of rotatable bonds is 4. The number of hydrogen-bond donors (Lipinski definition) is 1. The van der Waals surface area contributed by atoms with E-state index in [9.17, 15) is 10.1 Å². The molecule has 2 aliphatic heterocycles. The van der Waals surface area contributed by atoms with Gasteiger partial charge in [0.1, 0.15) is 23.6 Å². The third kappa shape index (κ3) is 4.25. The van der Waals surface area contributed by atoms with E-state index in [1.807, 2.05) is 29.2 Å². The number of aromatic nitrogens is 4. The monoisotopic (exact) mass is 491 g/mol. The molecule has 1 fully saturated rings. The average Bonchev–Trinajstić information content (AvgIpc) is 2.93. The Bertz CT molecular complexity index is 1520. The van der Waals surface area contributed by atoms with Crippen molar-refractivity contribution in [3.8, 4) is 6.07 Å². The van der Waals surface area contributed by atoms with Crippen LogP contribution in [0.4, 0.5) is 27.7 Å². The molecule has 184 valence electrons. The number of hydrogen-bond acceptors (Lipinski definition) is 8. The smallest absolute Gasteiger partial charge is 0.329 e. The number of anilines is 4. The van der Waals surface area contributed by atoms with Gasteiger partial charge >= 0.3 is 6.03 Å². The predicted molar refractivity (Wildman–Crippen MR) is 140 cm³/mol. The summed E-state index contributed by atoms with van der Waals surface area (Å²) in [5.41, 5.74) is 10.8. The molecule has 10 nitrogen and oxygen atoms in total. The summed E-state index contributed by atoms with van der Waals surface area (Å²) < 4.78 is 0. The summed E-state index contributed by atoms with van der Waals surface area (Å²) in [6, 6.07) is 15.1. The maximum Gasteiger partial charge on any atom is 0.329 e. The van der Waals surface area contributed by atoms with Gasteiger partial charge in [-0.3, -0.25) is 4.90 Å². The molecule has 4 aromatic rings. The lowest BCUT2D eigenvalue weighted by Gasteiger charge is -2.40. The van der Waals surface area contributed by atoms with E-state index in [4.69, 9.17) is 5.73 Å². The molecule has 10 heteroatoms.